The maximum absolute atomic E-state index is 6.06. The highest BCUT2D eigenvalue weighted by Gasteiger charge is 2.18. The van der Waals surface area contributed by atoms with Gasteiger partial charge in [-0.3, -0.25) is 0 Å². The van der Waals surface area contributed by atoms with Crippen LogP contribution >= 0.6 is 27.5 Å². The van der Waals surface area contributed by atoms with Crippen LogP contribution in [0.3, 0.4) is 0 Å². The fourth-order valence-electron chi connectivity index (χ4n) is 3.19. The van der Waals surface area contributed by atoms with Crippen LogP contribution in [0.5, 0.6) is 0 Å². The van der Waals surface area contributed by atoms with Crippen LogP contribution in [0.15, 0.2) is 53.0 Å². The summed E-state index contributed by atoms with van der Waals surface area (Å²) in [4.78, 5) is 11.5. The van der Waals surface area contributed by atoms with Crippen LogP contribution in [0, 0.1) is 6.92 Å². The molecule has 0 radical (unpaired) electrons. The van der Waals surface area contributed by atoms with E-state index in [-0.39, 0.29) is 0 Å². The second-order valence-corrected chi connectivity index (χ2v) is 7.76. The van der Waals surface area contributed by atoms with Gasteiger partial charge in [-0.05, 0) is 54.8 Å². The second-order valence-electron chi connectivity index (χ2n) is 6.41. The van der Waals surface area contributed by atoms with Crippen LogP contribution in [-0.2, 0) is 13.0 Å². The third kappa shape index (κ3) is 3.84. The van der Waals surface area contributed by atoms with E-state index in [2.05, 4.69) is 49.3 Å². The molecule has 0 amide bonds. The number of nitrogens with one attached hydrogen (secondary N) is 1. The van der Waals surface area contributed by atoms with Crippen molar-refractivity contribution in [3.63, 3.8) is 0 Å². The molecule has 4 nitrogen and oxygen atoms in total. The largest absolute Gasteiger partial charge is 0.352 e. The molecule has 0 spiro atoms. The number of rotatable bonds is 3. The number of benzene rings is 2. The fraction of sp³-hybridized carbons (Fsp3) is 0.200. The van der Waals surface area contributed by atoms with Gasteiger partial charge >= 0.3 is 0 Å². The average Bonchev–Trinajstić information content (AvgIpc) is 2.60. The average molecular weight is 430 g/mol. The van der Waals surface area contributed by atoms with E-state index in [4.69, 9.17) is 16.6 Å². The van der Waals surface area contributed by atoms with Gasteiger partial charge in [-0.25, -0.2) is 4.98 Å². The van der Waals surface area contributed by atoms with Crippen LogP contribution in [0.4, 0.5) is 17.5 Å². The van der Waals surface area contributed by atoms with Crippen molar-refractivity contribution in [3.8, 4) is 0 Å². The lowest BCUT2D eigenvalue weighted by molar-refractivity contribution is 0.718. The summed E-state index contributed by atoms with van der Waals surface area (Å²) in [5.74, 6) is 1.52. The number of fused-ring (bicyclic) bond motifs is 1. The van der Waals surface area contributed by atoms with Gasteiger partial charge < -0.3 is 10.2 Å². The van der Waals surface area contributed by atoms with Crippen molar-refractivity contribution in [2.75, 3.05) is 16.8 Å². The summed E-state index contributed by atoms with van der Waals surface area (Å²) in [6.07, 6.45) is 1.02. The van der Waals surface area contributed by atoms with E-state index < -0.39 is 0 Å². The van der Waals surface area contributed by atoms with E-state index >= 15 is 0 Å². The number of aromatic nitrogens is 2. The molecular formula is C20H18BrClN4. The van der Waals surface area contributed by atoms with E-state index in [0.29, 0.717) is 11.0 Å². The van der Waals surface area contributed by atoms with Crippen LogP contribution < -0.4 is 10.2 Å². The standard InChI is InChI=1S/C20H18BrClN4/c1-13-9-19(25-20(23-13)24-18-4-2-3-17(22)11-18)26-8-7-14-5-6-16(21)10-15(14)12-26/h2-6,9-11H,7-8,12H2,1H3,(H,23,24,25). The Kier molecular flexibility index (Phi) is 4.83. The molecule has 0 saturated carbocycles. The first-order valence-electron chi connectivity index (χ1n) is 8.47. The van der Waals surface area contributed by atoms with Crippen LogP contribution in [-0.4, -0.2) is 16.5 Å². The summed E-state index contributed by atoms with van der Waals surface area (Å²) in [6.45, 7) is 3.78. The Hall–Kier alpha value is -2.11. The molecular weight excluding hydrogens is 412 g/mol. The van der Waals surface area contributed by atoms with Gasteiger partial charge in [0.15, 0.2) is 0 Å². The maximum atomic E-state index is 6.06. The number of halogens is 2. The fourth-order valence-corrected chi connectivity index (χ4v) is 3.79. The minimum absolute atomic E-state index is 0.585. The Bertz CT molecular complexity index is 960. The molecule has 1 N–H and O–H groups in total. The highest BCUT2D eigenvalue weighted by Crippen LogP contribution is 2.27. The monoisotopic (exact) mass is 428 g/mol. The van der Waals surface area contributed by atoms with E-state index in [1.54, 1.807) is 0 Å². The minimum Gasteiger partial charge on any atom is -0.352 e. The van der Waals surface area contributed by atoms with Crippen molar-refractivity contribution in [1.82, 2.24) is 9.97 Å². The SMILES string of the molecule is Cc1cc(N2CCc3ccc(Br)cc3C2)nc(Nc2cccc(Cl)c2)n1. The van der Waals surface area contributed by atoms with E-state index in [1.165, 1.54) is 11.1 Å². The van der Waals surface area contributed by atoms with E-state index in [0.717, 1.165) is 41.2 Å². The highest BCUT2D eigenvalue weighted by molar-refractivity contribution is 9.10. The van der Waals surface area contributed by atoms with Gasteiger partial charge in [-0.2, -0.15) is 4.98 Å². The Morgan fingerprint density at radius 2 is 1.96 bits per heavy atom. The summed E-state index contributed by atoms with van der Waals surface area (Å²) < 4.78 is 1.11. The Labute approximate surface area is 166 Å². The molecule has 3 aromatic rings. The molecule has 0 fully saturated rings. The lowest BCUT2D eigenvalue weighted by Crippen LogP contribution is -2.31. The third-order valence-corrected chi connectivity index (χ3v) is 5.15. The Morgan fingerprint density at radius 1 is 1.08 bits per heavy atom. The van der Waals surface area contributed by atoms with Gasteiger partial charge in [-0.1, -0.05) is 39.7 Å². The summed E-state index contributed by atoms with van der Waals surface area (Å²) in [5.41, 5.74) is 4.56. The third-order valence-electron chi connectivity index (χ3n) is 4.43. The predicted octanol–water partition coefficient (Wildman–Crippen LogP) is 5.51. The molecule has 0 unspecified atom stereocenters. The zero-order chi connectivity index (χ0) is 18.1. The molecule has 2 heterocycles. The van der Waals surface area contributed by atoms with Crippen molar-refractivity contribution in [3.05, 3.63) is 74.8 Å². The minimum atomic E-state index is 0.585. The smallest absolute Gasteiger partial charge is 0.229 e. The second kappa shape index (κ2) is 7.25. The normalized spacial score (nSPS) is 13.4. The van der Waals surface area contributed by atoms with Gasteiger partial charge in [-0.15, -0.1) is 0 Å². The summed E-state index contributed by atoms with van der Waals surface area (Å²) in [5, 5.41) is 3.93. The van der Waals surface area contributed by atoms with Gasteiger partial charge in [0, 0.05) is 40.0 Å². The zero-order valence-corrected chi connectivity index (χ0v) is 16.7. The summed E-state index contributed by atoms with van der Waals surface area (Å²) >= 11 is 9.63. The molecule has 0 atom stereocenters. The first-order valence-corrected chi connectivity index (χ1v) is 9.64. The quantitative estimate of drug-likeness (QED) is 0.596. The highest BCUT2D eigenvalue weighted by atomic mass is 79.9. The number of nitrogens with zero attached hydrogens (tertiary/aromatic N) is 3. The molecule has 2 aromatic carbocycles. The lowest BCUT2D eigenvalue weighted by Gasteiger charge is -2.30. The predicted molar refractivity (Wildman–Crippen MR) is 110 cm³/mol. The topological polar surface area (TPSA) is 41.1 Å². The molecule has 26 heavy (non-hydrogen) atoms. The van der Waals surface area contributed by atoms with Crippen LogP contribution in [0.1, 0.15) is 16.8 Å². The van der Waals surface area contributed by atoms with E-state index in [9.17, 15) is 0 Å². The molecule has 1 aromatic heterocycles. The number of anilines is 3. The summed E-state index contributed by atoms with van der Waals surface area (Å²) in [7, 11) is 0. The number of hydrogen-bond acceptors (Lipinski definition) is 4. The van der Waals surface area contributed by atoms with Gasteiger partial charge in [0.2, 0.25) is 5.95 Å². The van der Waals surface area contributed by atoms with Crippen molar-refractivity contribution in [2.24, 2.45) is 0 Å². The Balaban J connectivity index is 1.60. The molecule has 1 aliphatic heterocycles. The van der Waals surface area contributed by atoms with Crippen molar-refractivity contribution in [1.29, 1.82) is 0 Å². The maximum Gasteiger partial charge on any atom is 0.229 e. The molecule has 6 heteroatoms. The summed E-state index contributed by atoms with van der Waals surface area (Å²) in [6, 6.07) is 16.1. The van der Waals surface area contributed by atoms with Crippen molar-refractivity contribution < 1.29 is 0 Å². The first kappa shape index (κ1) is 17.3. The van der Waals surface area contributed by atoms with Crippen molar-refractivity contribution in [2.45, 2.75) is 19.9 Å². The Morgan fingerprint density at radius 3 is 2.81 bits per heavy atom. The van der Waals surface area contributed by atoms with Gasteiger partial charge in [0.25, 0.3) is 0 Å². The van der Waals surface area contributed by atoms with Gasteiger partial charge in [0.05, 0.1) is 0 Å². The van der Waals surface area contributed by atoms with E-state index in [1.807, 2.05) is 37.3 Å². The van der Waals surface area contributed by atoms with Crippen molar-refractivity contribution >= 4 is 45.0 Å². The van der Waals surface area contributed by atoms with Crippen LogP contribution in [0.2, 0.25) is 5.02 Å². The molecule has 0 aliphatic carbocycles. The number of aryl methyl sites for hydroxylation is 1. The molecule has 1 aliphatic rings. The lowest BCUT2D eigenvalue weighted by atomic mass is 10.00. The molecule has 0 saturated heterocycles. The molecule has 4 rings (SSSR count). The molecule has 0 bridgehead atoms. The molecule has 132 valence electrons. The van der Waals surface area contributed by atoms with Gasteiger partial charge in [0.1, 0.15) is 5.82 Å². The zero-order valence-electron chi connectivity index (χ0n) is 14.3. The first-order chi connectivity index (χ1) is 12.6. The number of hydrogen-bond donors (Lipinski definition) is 1. The van der Waals surface area contributed by atoms with Crippen LogP contribution in [0.25, 0.3) is 0 Å².